The Kier molecular flexibility index (Phi) is 11.3. The molecule has 0 saturated carbocycles. The number of nitrogens with zero attached hydrogens (tertiary/aromatic N) is 7. The first kappa shape index (κ1) is 36.4. The number of aromatic nitrogens is 4. The van der Waals surface area contributed by atoms with E-state index in [4.69, 9.17) is 19.5 Å². The zero-order valence-electron chi connectivity index (χ0n) is 29.9. The van der Waals surface area contributed by atoms with Crippen molar-refractivity contribution < 1.29 is 19.1 Å². The van der Waals surface area contributed by atoms with E-state index in [0.29, 0.717) is 49.7 Å². The van der Waals surface area contributed by atoms with Crippen molar-refractivity contribution in [3.8, 4) is 0 Å². The van der Waals surface area contributed by atoms with Crippen LogP contribution in [0.4, 0.5) is 21.6 Å². The molecule has 6 rings (SSSR count). The molecule has 3 aromatic heterocycles. The average Bonchev–Trinajstić information content (AvgIpc) is 3.67. The number of amides is 2. The van der Waals surface area contributed by atoms with Crippen LogP contribution in [0.2, 0.25) is 25.7 Å². The SMILES string of the molecule is CCOC(=O)c1nc(N(C)c2cc(C)c(/N=c3\sc4ccccc4n3COCC[Si](C)(C)C)nn2)sc1C1CN(C(=O)NCc2ccccc2)C1. The van der Waals surface area contributed by atoms with Crippen molar-refractivity contribution in [2.75, 3.05) is 38.3 Å². The normalized spacial score (nSPS) is 13.8. The van der Waals surface area contributed by atoms with E-state index >= 15 is 0 Å². The summed E-state index contributed by atoms with van der Waals surface area (Å²) in [6.45, 7) is 13.5. The number of ether oxygens (including phenoxy) is 2. The lowest BCUT2D eigenvalue weighted by atomic mass is 9.97. The average molecular weight is 745 g/mol. The van der Waals surface area contributed by atoms with Gasteiger partial charge in [0, 0.05) is 52.2 Å². The number of fused-ring (bicyclic) bond motifs is 1. The number of hydrogen-bond donors (Lipinski definition) is 1. The molecule has 1 aliphatic rings. The highest BCUT2D eigenvalue weighted by molar-refractivity contribution is 7.16. The molecule has 0 unspecified atom stereocenters. The first-order chi connectivity index (χ1) is 24.5. The molecule has 12 nitrogen and oxygen atoms in total. The van der Waals surface area contributed by atoms with Gasteiger partial charge in [0.1, 0.15) is 6.73 Å². The van der Waals surface area contributed by atoms with Gasteiger partial charge >= 0.3 is 12.0 Å². The summed E-state index contributed by atoms with van der Waals surface area (Å²) in [5.41, 5.74) is 3.21. The van der Waals surface area contributed by atoms with Gasteiger partial charge < -0.3 is 24.6 Å². The first-order valence-electron chi connectivity index (χ1n) is 17.0. The van der Waals surface area contributed by atoms with E-state index < -0.39 is 14.0 Å². The Hall–Kier alpha value is -4.44. The van der Waals surface area contributed by atoms with Crippen LogP contribution < -0.4 is 15.0 Å². The molecule has 1 N–H and O–H groups in total. The molecule has 4 heterocycles. The molecular formula is C36H44N8O4S2Si. The summed E-state index contributed by atoms with van der Waals surface area (Å²) in [7, 11) is 0.636. The van der Waals surface area contributed by atoms with E-state index in [1.165, 1.54) is 11.3 Å². The number of thiazole rings is 2. The summed E-state index contributed by atoms with van der Waals surface area (Å²) in [6, 6.07) is 20.9. The van der Waals surface area contributed by atoms with Crippen LogP contribution in [-0.4, -0.2) is 78.1 Å². The van der Waals surface area contributed by atoms with E-state index in [1.54, 1.807) is 23.2 Å². The molecule has 2 aromatic carbocycles. The molecule has 0 spiro atoms. The topological polar surface area (TPSA) is 127 Å². The Morgan fingerprint density at radius 2 is 1.80 bits per heavy atom. The van der Waals surface area contributed by atoms with Crippen LogP contribution in [0.25, 0.3) is 10.2 Å². The highest BCUT2D eigenvalue weighted by Crippen LogP contribution is 2.39. The number of benzene rings is 2. The second-order valence-electron chi connectivity index (χ2n) is 13.7. The lowest BCUT2D eigenvalue weighted by Gasteiger charge is -2.38. The first-order valence-corrected chi connectivity index (χ1v) is 22.4. The quantitative estimate of drug-likeness (QED) is 0.0772. The third-order valence-corrected chi connectivity index (χ3v) is 12.6. The van der Waals surface area contributed by atoms with Crippen LogP contribution in [0.3, 0.4) is 0 Å². The van der Waals surface area contributed by atoms with Gasteiger partial charge in [-0.05, 0) is 49.2 Å². The van der Waals surface area contributed by atoms with Gasteiger partial charge in [-0.1, -0.05) is 73.4 Å². The monoisotopic (exact) mass is 744 g/mol. The second-order valence-corrected chi connectivity index (χ2v) is 21.3. The van der Waals surface area contributed by atoms with Crippen molar-refractivity contribution in [3.05, 3.63) is 87.2 Å². The molecule has 5 aromatic rings. The van der Waals surface area contributed by atoms with Crippen molar-refractivity contribution in [2.24, 2.45) is 4.99 Å². The number of rotatable bonds is 13. The van der Waals surface area contributed by atoms with Crippen molar-refractivity contribution in [1.82, 2.24) is 30.0 Å². The fourth-order valence-electron chi connectivity index (χ4n) is 5.47. The molecule has 2 amide bonds. The zero-order valence-corrected chi connectivity index (χ0v) is 32.5. The van der Waals surface area contributed by atoms with Crippen LogP contribution >= 0.6 is 22.7 Å². The van der Waals surface area contributed by atoms with Gasteiger partial charge in [0.05, 0.1) is 16.8 Å². The Balaban J connectivity index is 1.19. The Bertz CT molecular complexity index is 2070. The predicted molar refractivity (Wildman–Crippen MR) is 205 cm³/mol. The number of aryl methyl sites for hydroxylation is 1. The molecule has 1 aliphatic heterocycles. The number of carbonyl (C=O) groups excluding carboxylic acids is 2. The van der Waals surface area contributed by atoms with Crippen LogP contribution in [0.1, 0.15) is 39.3 Å². The Labute approximate surface area is 306 Å². The fraction of sp³-hybridized carbons (Fsp3) is 0.389. The number of carbonyl (C=O) groups is 2. The van der Waals surface area contributed by atoms with E-state index in [0.717, 1.165) is 37.1 Å². The maximum absolute atomic E-state index is 13.0. The van der Waals surface area contributed by atoms with E-state index in [-0.39, 0.29) is 24.2 Å². The molecule has 51 heavy (non-hydrogen) atoms. The number of hydrogen-bond acceptors (Lipinski definition) is 11. The summed E-state index contributed by atoms with van der Waals surface area (Å²) >= 11 is 2.99. The van der Waals surface area contributed by atoms with Crippen molar-refractivity contribution in [3.63, 3.8) is 0 Å². The molecule has 0 bridgehead atoms. The number of urea groups is 1. The highest BCUT2D eigenvalue weighted by Gasteiger charge is 2.37. The number of nitrogens with one attached hydrogen (secondary N) is 1. The number of anilines is 2. The Morgan fingerprint density at radius 1 is 1.06 bits per heavy atom. The molecule has 15 heteroatoms. The number of likely N-dealkylation sites (tertiary alicyclic amines) is 1. The number of para-hydroxylation sites is 1. The van der Waals surface area contributed by atoms with Crippen molar-refractivity contribution in [2.45, 2.75) is 58.7 Å². The summed E-state index contributed by atoms with van der Waals surface area (Å²) < 4.78 is 14.7. The third kappa shape index (κ3) is 8.72. The van der Waals surface area contributed by atoms with E-state index in [1.807, 2.05) is 67.4 Å². The fourth-order valence-corrected chi connectivity index (χ4v) is 8.36. The largest absolute Gasteiger partial charge is 0.461 e. The van der Waals surface area contributed by atoms with E-state index in [9.17, 15) is 9.59 Å². The summed E-state index contributed by atoms with van der Waals surface area (Å²) in [5, 5.41) is 12.6. The molecule has 1 fully saturated rings. The maximum atomic E-state index is 13.0. The summed E-state index contributed by atoms with van der Waals surface area (Å²) in [4.78, 5) is 40.6. The zero-order chi connectivity index (χ0) is 36.1. The molecule has 268 valence electrons. The molecule has 0 atom stereocenters. The lowest BCUT2D eigenvalue weighted by molar-refractivity contribution is 0.0517. The minimum atomic E-state index is -1.21. The van der Waals surface area contributed by atoms with Gasteiger partial charge in [-0.2, -0.15) is 4.99 Å². The maximum Gasteiger partial charge on any atom is 0.358 e. The summed E-state index contributed by atoms with van der Waals surface area (Å²) in [6.07, 6.45) is 0. The minimum Gasteiger partial charge on any atom is -0.461 e. The smallest absolute Gasteiger partial charge is 0.358 e. The minimum absolute atomic E-state index is 0.0342. The second kappa shape index (κ2) is 15.8. The van der Waals surface area contributed by atoms with Crippen molar-refractivity contribution >= 4 is 69.7 Å². The van der Waals surface area contributed by atoms with Crippen LogP contribution in [0.15, 0.2) is 65.7 Å². The van der Waals surface area contributed by atoms with Gasteiger partial charge in [0.2, 0.25) is 0 Å². The molecular weight excluding hydrogens is 701 g/mol. The molecule has 0 aliphatic carbocycles. The van der Waals surface area contributed by atoms with Crippen molar-refractivity contribution in [1.29, 1.82) is 0 Å². The van der Waals surface area contributed by atoms with E-state index in [2.05, 4.69) is 51.9 Å². The van der Waals surface area contributed by atoms with Crippen LogP contribution in [-0.2, 0) is 22.7 Å². The standard InChI is InChI=1S/C36H44N8O4S2Si/c1-7-48-33(45)30-31(26-21-43(22-26)34(46)37-20-25-13-9-8-10-14-25)50-35(38-30)42(3)29-19-24(2)32(41-40-29)39-36-44(23-47-17-18-51(4,5)6)27-15-11-12-16-28(27)49-36/h8-16,19,26H,7,17-18,20-23H2,1-6H3,(H,37,46)/b39-36-. The van der Waals surface area contributed by atoms with Gasteiger partial charge in [-0.3, -0.25) is 4.57 Å². The highest BCUT2D eigenvalue weighted by atomic mass is 32.1. The number of esters is 1. The van der Waals surface area contributed by atoms with Gasteiger partial charge in [0.15, 0.2) is 27.3 Å². The Morgan fingerprint density at radius 3 is 2.53 bits per heavy atom. The van der Waals surface area contributed by atoms with Gasteiger partial charge in [0.25, 0.3) is 0 Å². The third-order valence-electron chi connectivity index (χ3n) is 8.52. The molecule has 1 saturated heterocycles. The van der Waals surface area contributed by atoms with Crippen LogP contribution in [0, 0.1) is 6.92 Å². The van der Waals surface area contributed by atoms with Gasteiger partial charge in [-0.15, -0.1) is 21.5 Å². The van der Waals surface area contributed by atoms with Gasteiger partial charge in [-0.25, -0.2) is 14.6 Å². The molecule has 0 radical (unpaired) electrons. The lowest BCUT2D eigenvalue weighted by Crippen LogP contribution is -2.52. The van der Waals surface area contributed by atoms with Crippen LogP contribution in [0.5, 0.6) is 0 Å². The summed E-state index contributed by atoms with van der Waals surface area (Å²) in [5.74, 6) is 0.569. The predicted octanol–water partition coefficient (Wildman–Crippen LogP) is 7.06.